The Balaban J connectivity index is 3.23. The van der Waals surface area contributed by atoms with Crippen LogP contribution in [0.1, 0.15) is 5.56 Å². The van der Waals surface area contributed by atoms with E-state index >= 15 is 0 Å². The zero-order valence-corrected chi connectivity index (χ0v) is 14.8. The second-order valence-electron chi connectivity index (χ2n) is 6.90. The Bertz CT molecular complexity index is 437. The highest BCUT2D eigenvalue weighted by Gasteiger charge is 2.20. The molecule has 0 radical (unpaired) electrons. The summed E-state index contributed by atoms with van der Waals surface area (Å²) < 4.78 is 5.36. The van der Waals surface area contributed by atoms with E-state index in [-0.39, 0.29) is 0 Å². The molecule has 18 heavy (non-hydrogen) atoms. The Hall–Kier alpha value is -0.806. The van der Waals surface area contributed by atoms with Crippen molar-refractivity contribution in [3.05, 3.63) is 29.5 Å². The monoisotopic (exact) mass is 278 g/mol. The van der Waals surface area contributed by atoms with Gasteiger partial charge in [-0.1, -0.05) is 57.1 Å². The molecule has 0 saturated heterocycles. The van der Waals surface area contributed by atoms with Crippen LogP contribution in [-0.2, 0) is 0 Å². The van der Waals surface area contributed by atoms with E-state index in [0.717, 1.165) is 5.75 Å². The molecule has 3 heteroatoms. The molecule has 0 unspecified atom stereocenters. The standard InChI is InChI=1S/C15H26OSi2/c1-16-14-9-8-13(10-11-17(2,3)4)15(12-14)18(5,6)7/h8-12H,1-7H3/b11-10-. The van der Waals surface area contributed by atoms with Crippen LogP contribution in [0.2, 0.25) is 39.3 Å². The highest BCUT2D eigenvalue weighted by Crippen LogP contribution is 2.17. The van der Waals surface area contributed by atoms with Gasteiger partial charge >= 0.3 is 0 Å². The van der Waals surface area contributed by atoms with Gasteiger partial charge in [-0.05, 0) is 22.9 Å². The Morgan fingerprint density at radius 3 is 2.06 bits per heavy atom. The molecule has 1 aromatic carbocycles. The predicted molar refractivity (Wildman–Crippen MR) is 88.4 cm³/mol. The van der Waals surface area contributed by atoms with E-state index in [1.165, 1.54) is 10.8 Å². The third-order valence-electron chi connectivity index (χ3n) is 2.83. The lowest BCUT2D eigenvalue weighted by atomic mass is 10.2. The number of hydrogen-bond donors (Lipinski definition) is 0. The average molecular weight is 279 g/mol. The fourth-order valence-electron chi connectivity index (χ4n) is 1.80. The smallest absolute Gasteiger partial charge is 0.118 e. The van der Waals surface area contributed by atoms with Crippen molar-refractivity contribution in [2.45, 2.75) is 39.3 Å². The highest BCUT2D eigenvalue weighted by molar-refractivity contribution is 6.89. The van der Waals surface area contributed by atoms with E-state index in [1.807, 2.05) is 0 Å². The molecule has 0 aliphatic carbocycles. The summed E-state index contributed by atoms with van der Waals surface area (Å²) in [4.78, 5) is 0. The van der Waals surface area contributed by atoms with Crippen molar-refractivity contribution < 1.29 is 4.74 Å². The van der Waals surface area contributed by atoms with Gasteiger partial charge in [0.05, 0.1) is 23.3 Å². The van der Waals surface area contributed by atoms with Crippen molar-refractivity contribution in [2.75, 3.05) is 7.11 Å². The lowest BCUT2D eigenvalue weighted by molar-refractivity contribution is 0.415. The van der Waals surface area contributed by atoms with Crippen LogP contribution in [0.25, 0.3) is 6.08 Å². The minimum Gasteiger partial charge on any atom is -0.497 e. The summed E-state index contributed by atoms with van der Waals surface area (Å²) >= 11 is 0. The number of benzene rings is 1. The van der Waals surface area contributed by atoms with Crippen LogP contribution < -0.4 is 9.92 Å². The van der Waals surface area contributed by atoms with Crippen molar-refractivity contribution in [3.8, 4) is 5.75 Å². The Morgan fingerprint density at radius 1 is 1.00 bits per heavy atom. The molecule has 0 N–H and O–H groups in total. The van der Waals surface area contributed by atoms with Crippen LogP contribution in [0.5, 0.6) is 5.75 Å². The van der Waals surface area contributed by atoms with Gasteiger partial charge in [0.15, 0.2) is 0 Å². The van der Waals surface area contributed by atoms with Crippen LogP contribution in [0.4, 0.5) is 0 Å². The first-order valence-electron chi connectivity index (χ1n) is 6.51. The summed E-state index contributed by atoms with van der Waals surface area (Å²) in [5.41, 5.74) is 3.79. The molecule has 0 fully saturated rings. The molecule has 1 nitrogen and oxygen atoms in total. The second kappa shape index (κ2) is 5.45. The SMILES string of the molecule is COc1ccc(/C=C\[Si](C)(C)C)c([Si](C)(C)C)c1. The van der Waals surface area contributed by atoms with Gasteiger partial charge in [0.25, 0.3) is 0 Å². The molecule has 0 aliphatic heterocycles. The molecule has 0 aliphatic rings. The quantitative estimate of drug-likeness (QED) is 0.753. The lowest BCUT2D eigenvalue weighted by Crippen LogP contribution is -2.39. The highest BCUT2D eigenvalue weighted by atomic mass is 28.3. The summed E-state index contributed by atoms with van der Waals surface area (Å²) in [7, 11) is -0.741. The van der Waals surface area contributed by atoms with E-state index in [4.69, 9.17) is 4.74 Å². The van der Waals surface area contributed by atoms with Crippen LogP contribution in [-0.4, -0.2) is 23.3 Å². The van der Waals surface area contributed by atoms with Gasteiger partial charge in [-0.2, -0.15) is 0 Å². The van der Waals surface area contributed by atoms with Gasteiger partial charge in [-0.15, -0.1) is 0 Å². The Morgan fingerprint density at radius 2 is 1.61 bits per heavy atom. The zero-order chi connectivity index (χ0) is 14.0. The summed E-state index contributed by atoms with van der Waals surface area (Å²) in [5, 5.41) is 1.48. The van der Waals surface area contributed by atoms with Crippen molar-refractivity contribution in [1.82, 2.24) is 0 Å². The van der Waals surface area contributed by atoms with Gasteiger partial charge in [0, 0.05) is 0 Å². The minimum atomic E-state index is -1.34. The Labute approximate surface area is 114 Å². The number of hydrogen-bond acceptors (Lipinski definition) is 1. The van der Waals surface area contributed by atoms with E-state index in [0.29, 0.717) is 0 Å². The van der Waals surface area contributed by atoms with Gasteiger partial charge in [-0.3, -0.25) is 0 Å². The fraction of sp³-hybridized carbons (Fsp3) is 0.467. The Kier molecular flexibility index (Phi) is 4.62. The molecular weight excluding hydrogens is 252 g/mol. The first kappa shape index (κ1) is 15.3. The normalized spacial score (nSPS) is 13.1. The molecule has 1 rings (SSSR count). The summed E-state index contributed by atoms with van der Waals surface area (Å²) in [6.45, 7) is 14.2. The van der Waals surface area contributed by atoms with E-state index in [1.54, 1.807) is 7.11 Å². The van der Waals surface area contributed by atoms with Gasteiger partial charge in [0.2, 0.25) is 0 Å². The predicted octanol–water partition coefficient (Wildman–Crippen LogP) is 4.13. The summed E-state index contributed by atoms with van der Waals surface area (Å²) in [5.74, 6) is 0.970. The molecule has 0 bridgehead atoms. The van der Waals surface area contributed by atoms with Crippen LogP contribution in [0.15, 0.2) is 23.9 Å². The first-order chi connectivity index (χ1) is 8.13. The van der Waals surface area contributed by atoms with Crippen molar-refractivity contribution in [1.29, 1.82) is 0 Å². The molecule has 100 valence electrons. The molecule has 0 heterocycles. The summed E-state index contributed by atoms with van der Waals surface area (Å²) in [6.07, 6.45) is 2.32. The average Bonchev–Trinajstić information content (AvgIpc) is 2.24. The van der Waals surface area contributed by atoms with E-state index < -0.39 is 16.1 Å². The topological polar surface area (TPSA) is 9.23 Å². The largest absolute Gasteiger partial charge is 0.497 e. The molecular formula is C15H26OSi2. The van der Waals surface area contributed by atoms with E-state index in [2.05, 4.69) is 69.3 Å². The van der Waals surface area contributed by atoms with Crippen molar-refractivity contribution in [3.63, 3.8) is 0 Å². The van der Waals surface area contributed by atoms with Crippen LogP contribution in [0, 0.1) is 0 Å². The third-order valence-corrected chi connectivity index (χ3v) is 6.05. The third kappa shape index (κ3) is 4.46. The maximum absolute atomic E-state index is 5.36. The molecule has 0 amide bonds. The molecule has 0 spiro atoms. The summed E-state index contributed by atoms with van der Waals surface area (Å²) in [6, 6.07) is 6.48. The van der Waals surface area contributed by atoms with Crippen LogP contribution >= 0.6 is 0 Å². The van der Waals surface area contributed by atoms with Crippen molar-refractivity contribution >= 4 is 27.4 Å². The first-order valence-corrected chi connectivity index (χ1v) is 13.6. The zero-order valence-electron chi connectivity index (χ0n) is 12.8. The van der Waals surface area contributed by atoms with Gasteiger partial charge < -0.3 is 4.74 Å². The minimum absolute atomic E-state index is 0.970. The van der Waals surface area contributed by atoms with E-state index in [9.17, 15) is 0 Å². The second-order valence-corrected chi connectivity index (χ2v) is 17.0. The fourth-order valence-corrected chi connectivity index (χ4v) is 4.08. The maximum Gasteiger partial charge on any atom is 0.118 e. The van der Waals surface area contributed by atoms with Gasteiger partial charge in [0.1, 0.15) is 5.75 Å². The molecule has 0 atom stereocenters. The van der Waals surface area contributed by atoms with Crippen molar-refractivity contribution in [2.24, 2.45) is 0 Å². The van der Waals surface area contributed by atoms with Gasteiger partial charge in [-0.25, -0.2) is 0 Å². The number of methoxy groups -OCH3 is 1. The number of rotatable bonds is 4. The number of ether oxygens (including phenoxy) is 1. The molecule has 1 aromatic rings. The molecule has 0 saturated carbocycles. The maximum atomic E-state index is 5.36. The van der Waals surface area contributed by atoms with Crippen LogP contribution in [0.3, 0.4) is 0 Å². The lowest BCUT2D eigenvalue weighted by Gasteiger charge is -2.21. The molecule has 0 aromatic heterocycles.